The highest BCUT2D eigenvalue weighted by Gasteiger charge is 2.08. The second kappa shape index (κ2) is 5.20. The summed E-state index contributed by atoms with van der Waals surface area (Å²) in [7, 11) is 0. The topological polar surface area (TPSA) is 35.2 Å². The Kier molecular flexibility index (Phi) is 4.19. The molecular formula is C11H19NO. The molecule has 1 aliphatic rings. The fourth-order valence-corrected chi connectivity index (χ4v) is 1.24. The molecule has 0 aromatic carbocycles. The van der Waals surface area contributed by atoms with Crippen molar-refractivity contribution in [2.75, 3.05) is 13.2 Å². The van der Waals surface area contributed by atoms with Crippen LogP contribution in [-0.2, 0) is 4.74 Å². The smallest absolute Gasteiger partial charge is 0.0793 e. The largest absolute Gasteiger partial charge is 0.374 e. The van der Waals surface area contributed by atoms with Gasteiger partial charge in [0.25, 0.3) is 0 Å². The second-order valence-corrected chi connectivity index (χ2v) is 3.84. The summed E-state index contributed by atoms with van der Waals surface area (Å²) in [4.78, 5) is 0. The number of rotatable bonds is 4. The van der Waals surface area contributed by atoms with Crippen LogP contribution >= 0.6 is 0 Å². The van der Waals surface area contributed by atoms with Crippen LogP contribution in [0.4, 0.5) is 0 Å². The van der Waals surface area contributed by atoms with Crippen LogP contribution < -0.4 is 5.73 Å². The molecule has 1 unspecified atom stereocenters. The van der Waals surface area contributed by atoms with E-state index in [2.05, 4.69) is 32.1 Å². The monoisotopic (exact) mass is 181 g/mol. The first-order valence-corrected chi connectivity index (χ1v) is 4.91. The van der Waals surface area contributed by atoms with Crippen molar-refractivity contribution >= 4 is 0 Å². The van der Waals surface area contributed by atoms with E-state index in [0.29, 0.717) is 12.5 Å². The highest BCUT2D eigenvalue weighted by atomic mass is 16.5. The molecule has 2 heteroatoms. The summed E-state index contributed by atoms with van der Waals surface area (Å²) in [5.41, 5.74) is 6.72. The number of ether oxygens (including phenoxy) is 1. The Morgan fingerprint density at radius 3 is 2.85 bits per heavy atom. The molecule has 0 aliphatic heterocycles. The van der Waals surface area contributed by atoms with E-state index in [1.165, 1.54) is 5.57 Å². The van der Waals surface area contributed by atoms with E-state index in [-0.39, 0.29) is 6.10 Å². The lowest BCUT2D eigenvalue weighted by atomic mass is 10.1. The van der Waals surface area contributed by atoms with Gasteiger partial charge in [-0.3, -0.25) is 0 Å². The minimum absolute atomic E-state index is 0.262. The highest BCUT2D eigenvalue weighted by molar-refractivity contribution is 5.25. The molecule has 0 heterocycles. The molecule has 0 fully saturated rings. The normalized spacial score (nSPS) is 22.2. The van der Waals surface area contributed by atoms with Gasteiger partial charge in [-0.1, -0.05) is 32.1 Å². The standard InChI is InChI=1S/C11H19NO/c1-9(2)8-13-11-5-3-10(7-12)4-6-11/h3-5,9,11H,6-8,12H2,1-2H3. The molecule has 2 nitrogen and oxygen atoms in total. The molecule has 74 valence electrons. The molecule has 0 saturated heterocycles. The Morgan fingerprint density at radius 2 is 2.38 bits per heavy atom. The van der Waals surface area contributed by atoms with Gasteiger partial charge >= 0.3 is 0 Å². The van der Waals surface area contributed by atoms with E-state index < -0.39 is 0 Å². The predicted octanol–water partition coefficient (Wildman–Crippen LogP) is 1.87. The van der Waals surface area contributed by atoms with Crippen molar-refractivity contribution in [3.8, 4) is 0 Å². The van der Waals surface area contributed by atoms with Gasteiger partial charge in [0.05, 0.1) is 6.10 Å². The summed E-state index contributed by atoms with van der Waals surface area (Å²) in [6, 6.07) is 0. The third-order valence-corrected chi connectivity index (χ3v) is 2.02. The van der Waals surface area contributed by atoms with Gasteiger partial charge in [0.1, 0.15) is 0 Å². The van der Waals surface area contributed by atoms with Gasteiger partial charge in [-0.25, -0.2) is 0 Å². The molecule has 1 rings (SSSR count). The minimum Gasteiger partial charge on any atom is -0.374 e. The van der Waals surface area contributed by atoms with Crippen LogP contribution in [0.15, 0.2) is 23.8 Å². The zero-order chi connectivity index (χ0) is 9.68. The first kappa shape index (κ1) is 10.5. The molecular weight excluding hydrogens is 162 g/mol. The van der Waals surface area contributed by atoms with Crippen LogP contribution in [0.1, 0.15) is 20.3 Å². The van der Waals surface area contributed by atoms with Gasteiger partial charge in [-0.05, 0) is 17.9 Å². The van der Waals surface area contributed by atoms with E-state index >= 15 is 0 Å². The maximum Gasteiger partial charge on any atom is 0.0793 e. The molecule has 1 aliphatic carbocycles. The average molecular weight is 181 g/mol. The van der Waals surface area contributed by atoms with Gasteiger partial charge in [0.15, 0.2) is 0 Å². The van der Waals surface area contributed by atoms with Crippen molar-refractivity contribution in [1.29, 1.82) is 0 Å². The lowest BCUT2D eigenvalue weighted by molar-refractivity contribution is 0.0661. The molecule has 0 bridgehead atoms. The van der Waals surface area contributed by atoms with E-state index in [9.17, 15) is 0 Å². The zero-order valence-corrected chi connectivity index (χ0v) is 8.49. The molecule has 0 saturated carbocycles. The van der Waals surface area contributed by atoms with Crippen LogP contribution in [0.5, 0.6) is 0 Å². The number of hydrogen-bond acceptors (Lipinski definition) is 2. The number of nitrogens with two attached hydrogens (primary N) is 1. The van der Waals surface area contributed by atoms with E-state index in [0.717, 1.165) is 13.0 Å². The zero-order valence-electron chi connectivity index (χ0n) is 8.49. The fraction of sp³-hybridized carbons (Fsp3) is 0.636. The van der Waals surface area contributed by atoms with Gasteiger partial charge in [-0.2, -0.15) is 0 Å². The van der Waals surface area contributed by atoms with Crippen LogP contribution in [0, 0.1) is 5.92 Å². The Morgan fingerprint density at radius 1 is 1.62 bits per heavy atom. The summed E-state index contributed by atoms with van der Waals surface area (Å²) in [5, 5.41) is 0. The summed E-state index contributed by atoms with van der Waals surface area (Å²) >= 11 is 0. The quantitative estimate of drug-likeness (QED) is 0.718. The summed E-state index contributed by atoms with van der Waals surface area (Å²) in [6.07, 6.45) is 7.55. The van der Waals surface area contributed by atoms with Crippen LogP contribution in [0.2, 0.25) is 0 Å². The molecule has 13 heavy (non-hydrogen) atoms. The summed E-state index contributed by atoms with van der Waals surface area (Å²) < 4.78 is 5.66. The molecule has 0 spiro atoms. The van der Waals surface area contributed by atoms with Crippen LogP contribution in [0.3, 0.4) is 0 Å². The van der Waals surface area contributed by atoms with Gasteiger partial charge < -0.3 is 10.5 Å². The SMILES string of the molecule is CC(C)COC1C=CC(CN)=CC1. The van der Waals surface area contributed by atoms with Crippen molar-refractivity contribution in [2.24, 2.45) is 11.7 Å². The highest BCUT2D eigenvalue weighted by Crippen LogP contribution is 2.13. The van der Waals surface area contributed by atoms with Crippen molar-refractivity contribution in [3.05, 3.63) is 23.8 Å². The Labute approximate surface area is 80.5 Å². The molecule has 1 atom stereocenters. The molecule has 0 aromatic heterocycles. The summed E-state index contributed by atoms with van der Waals surface area (Å²) in [6.45, 7) is 5.79. The van der Waals surface area contributed by atoms with Crippen molar-refractivity contribution in [1.82, 2.24) is 0 Å². The van der Waals surface area contributed by atoms with E-state index in [1.54, 1.807) is 0 Å². The molecule has 0 aromatic rings. The molecule has 0 radical (unpaired) electrons. The number of hydrogen-bond donors (Lipinski definition) is 1. The maximum absolute atomic E-state index is 5.66. The second-order valence-electron chi connectivity index (χ2n) is 3.84. The van der Waals surface area contributed by atoms with Crippen LogP contribution in [0.25, 0.3) is 0 Å². The third kappa shape index (κ3) is 3.75. The molecule has 2 N–H and O–H groups in total. The van der Waals surface area contributed by atoms with Crippen LogP contribution in [-0.4, -0.2) is 19.3 Å². The Bertz CT molecular complexity index is 206. The van der Waals surface area contributed by atoms with Gasteiger partial charge in [0, 0.05) is 13.2 Å². The third-order valence-electron chi connectivity index (χ3n) is 2.02. The molecule has 0 amide bonds. The Hall–Kier alpha value is -0.600. The van der Waals surface area contributed by atoms with E-state index in [1.807, 2.05) is 0 Å². The maximum atomic E-state index is 5.66. The van der Waals surface area contributed by atoms with Gasteiger partial charge in [-0.15, -0.1) is 0 Å². The summed E-state index contributed by atoms with van der Waals surface area (Å²) in [5.74, 6) is 0.605. The lowest BCUT2D eigenvalue weighted by Crippen LogP contribution is -2.16. The fourth-order valence-electron chi connectivity index (χ4n) is 1.24. The first-order chi connectivity index (χ1) is 6.22. The first-order valence-electron chi connectivity index (χ1n) is 4.91. The van der Waals surface area contributed by atoms with E-state index in [4.69, 9.17) is 10.5 Å². The van der Waals surface area contributed by atoms with Crippen molar-refractivity contribution in [3.63, 3.8) is 0 Å². The van der Waals surface area contributed by atoms with Crippen molar-refractivity contribution in [2.45, 2.75) is 26.4 Å². The minimum atomic E-state index is 0.262. The Balaban J connectivity index is 2.27. The predicted molar refractivity (Wildman–Crippen MR) is 55.5 cm³/mol. The lowest BCUT2D eigenvalue weighted by Gasteiger charge is -2.17. The van der Waals surface area contributed by atoms with Crippen molar-refractivity contribution < 1.29 is 4.74 Å². The van der Waals surface area contributed by atoms with Gasteiger partial charge in [0.2, 0.25) is 0 Å². The average Bonchev–Trinajstić information content (AvgIpc) is 2.15.